The summed E-state index contributed by atoms with van der Waals surface area (Å²) >= 11 is 3.23. The number of H-pyrrole nitrogens is 1. The van der Waals surface area contributed by atoms with E-state index in [2.05, 4.69) is 20.9 Å². The van der Waals surface area contributed by atoms with Crippen molar-refractivity contribution in [3.63, 3.8) is 0 Å². The average molecular weight is 311 g/mol. The second-order valence-electron chi connectivity index (χ2n) is 3.44. The Morgan fingerprint density at radius 1 is 1.22 bits per heavy atom. The number of carboxylic acid groups (broad SMARTS) is 1. The summed E-state index contributed by atoms with van der Waals surface area (Å²) in [5, 5.41) is 8.71. The van der Waals surface area contributed by atoms with Crippen LogP contribution in [0.1, 0.15) is 10.5 Å². The van der Waals surface area contributed by atoms with E-state index >= 15 is 0 Å². The van der Waals surface area contributed by atoms with Gasteiger partial charge >= 0.3 is 11.7 Å². The summed E-state index contributed by atoms with van der Waals surface area (Å²) in [6, 6.07) is 7.35. The van der Waals surface area contributed by atoms with Crippen LogP contribution in [0.2, 0.25) is 0 Å². The summed E-state index contributed by atoms with van der Waals surface area (Å²) in [7, 11) is 0. The molecular formula is C11H7BrN2O4. The van der Waals surface area contributed by atoms with Crippen molar-refractivity contribution >= 4 is 21.9 Å². The number of halogens is 1. The van der Waals surface area contributed by atoms with E-state index in [4.69, 9.17) is 5.11 Å². The summed E-state index contributed by atoms with van der Waals surface area (Å²) in [6.45, 7) is 0. The third kappa shape index (κ3) is 2.25. The van der Waals surface area contributed by atoms with Crippen molar-refractivity contribution < 1.29 is 9.90 Å². The molecule has 0 amide bonds. The number of nitrogens with zero attached hydrogens (tertiary/aromatic N) is 1. The SMILES string of the molecule is O=C(O)c1cc(=O)n(-c2ccc(Br)cc2)c(=O)[nH]1. The lowest BCUT2D eigenvalue weighted by Crippen LogP contribution is -2.34. The van der Waals surface area contributed by atoms with Gasteiger partial charge in [-0.2, -0.15) is 0 Å². The van der Waals surface area contributed by atoms with E-state index < -0.39 is 22.9 Å². The van der Waals surface area contributed by atoms with Crippen LogP contribution in [-0.4, -0.2) is 20.6 Å². The van der Waals surface area contributed by atoms with Crippen LogP contribution < -0.4 is 11.2 Å². The third-order valence-electron chi connectivity index (χ3n) is 2.25. The van der Waals surface area contributed by atoms with Gasteiger partial charge < -0.3 is 10.1 Å². The fourth-order valence-electron chi connectivity index (χ4n) is 1.45. The van der Waals surface area contributed by atoms with Gasteiger partial charge in [-0.25, -0.2) is 14.2 Å². The molecule has 0 aliphatic rings. The first kappa shape index (κ1) is 12.3. The maximum absolute atomic E-state index is 11.7. The Morgan fingerprint density at radius 2 is 1.83 bits per heavy atom. The summed E-state index contributed by atoms with van der Waals surface area (Å²) in [5.74, 6) is -1.35. The highest BCUT2D eigenvalue weighted by Gasteiger charge is 2.10. The molecule has 2 aromatic rings. The quantitative estimate of drug-likeness (QED) is 0.865. The topological polar surface area (TPSA) is 92.2 Å². The van der Waals surface area contributed by atoms with Crippen molar-refractivity contribution in [2.24, 2.45) is 0 Å². The van der Waals surface area contributed by atoms with Crippen LogP contribution in [0.15, 0.2) is 44.4 Å². The first-order chi connectivity index (χ1) is 8.49. The molecule has 1 heterocycles. The maximum Gasteiger partial charge on any atom is 0.352 e. The molecule has 0 spiro atoms. The first-order valence-electron chi connectivity index (χ1n) is 4.84. The Kier molecular flexibility index (Phi) is 3.15. The Labute approximate surface area is 109 Å². The molecule has 0 saturated heterocycles. The number of hydrogen-bond donors (Lipinski definition) is 2. The van der Waals surface area contributed by atoms with Crippen LogP contribution in [-0.2, 0) is 0 Å². The number of carboxylic acids is 1. The van der Waals surface area contributed by atoms with Gasteiger partial charge in [0.25, 0.3) is 5.56 Å². The molecule has 18 heavy (non-hydrogen) atoms. The summed E-state index contributed by atoms with van der Waals surface area (Å²) in [6.07, 6.45) is 0. The molecule has 0 unspecified atom stereocenters. The molecule has 0 radical (unpaired) electrons. The molecule has 6 nitrogen and oxygen atoms in total. The van der Waals surface area contributed by atoms with Crippen molar-refractivity contribution in [1.29, 1.82) is 0 Å². The Balaban J connectivity index is 2.66. The Bertz CT molecular complexity index is 684. The van der Waals surface area contributed by atoms with Gasteiger partial charge in [-0.1, -0.05) is 15.9 Å². The molecule has 0 atom stereocenters. The lowest BCUT2D eigenvalue weighted by atomic mass is 10.3. The van der Waals surface area contributed by atoms with Crippen LogP contribution in [0.3, 0.4) is 0 Å². The number of nitrogens with one attached hydrogen (secondary N) is 1. The number of hydrogen-bond acceptors (Lipinski definition) is 3. The normalized spacial score (nSPS) is 10.3. The average Bonchev–Trinajstić information content (AvgIpc) is 2.30. The zero-order chi connectivity index (χ0) is 13.3. The van der Waals surface area contributed by atoms with Gasteiger partial charge in [0, 0.05) is 10.5 Å². The second kappa shape index (κ2) is 4.61. The zero-order valence-electron chi connectivity index (χ0n) is 8.88. The molecule has 92 valence electrons. The fraction of sp³-hybridized carbons (Fsp3) is 0. The lowest BCUT2D eigenvalue weighted by molar-refractivity contribution is 0.0689. The maximum atomic E-state index is 11.7. The highest BCUT2D eigenvalue weighted by atomic mass is 79.9. The van der Waals surface area contributed by atoms with Crippen molar-refractivity contribution in [2.75, 3.05) is 0 Å². The summed E-state index contributed by atoms with van der Waals surface area (Å²) in [4.78, 5) is 36.2. The number of aromatic carboxylic acids is 1. The zero-order valence-corrected chi connectivity index (χ0v) is 10.5. The van der Waals surface area contributed by atoms with Crippen molar-refractivity contribution in [3.05, 3.63) is 61.3 Å². The van der Waals surface area contributed by atoms with Crippen molar-refractivity contribution in [1.82, 2.24) is 9.55 Å². The number of aromatic nitrogens is 2. The van der Waals surface area contributed by atoms with E-state index in [1.54, 1.807) is 24.3 Å². The van der Waals surface area contributed by atoms with Gasteiger partial charge in [0.2, 0.25) is 0 Å². The summed E-state index contributed by atoms with van der Waals surface area (Å²) in [5.41, 5.74) is -1.56. The van der Waals surface area contributed by atoms with E-state index in [0.29, 0.717) is 5.69 Å². The second-order valence-corrected chi connectivity index (χ2v) is 4.36. The molecule has 2 rings (SSSR count). The molecule has 0 saturated carbocycles. The number of carbonyl (C=O) groups is 1. The Hall–Kier alpha value is -2.15. The van der Waals surface area contributed by atoms with Crippen LogP contribution in [0, 0.1) is 0 Å². The van der Waals surface area contributed by atoms with Gasteiger partial charge in [0.05, 0.1) is 5.69 Å². The van der Waals surface area contributed by atoms with Gasteiger partial charge in [0.15, 0.2) is 0 Å². The Morgan fingerprint density at radius 3 is 2.33 bits per heavy atom. The predicted molar refractivity (Wildman–Crippen MR) is 67.3 cm³/mol. The van der Waals surface area contributed by atoms with Gasteiger partial charge in [-0.05, 0) is 24.3 Å². The standard InChI is InChI=1S/C11H7BrN2O4/c12-6-1-3-7(4-2-6)14-9(15)5-8(10(16)17)13-11(14)18/h1-5H,(H,13,18)(H,16,17). The van der Waals surface area contributed by atoms with E-state index in [-0.39, 0.29) is 0 Å². The highest BCUT2D eigenvalue weighted by molar-refractivity contribution is 9.10. The minimum absolute atomic E-state index is 0.362. The van der Waals surface area contributed by atoms with Gasteiger partial charge in [-0.15, -0.1) is 0 Å². The molecule has 0 aliphatic heterocycles. The lowest BCUT2D eigenvalue weighted by Gasteiger charge is -2.04. The van der Waals surface area contributed by atoms with E-state index in [9.17, 15) is 14.4 Å². The number of benzene rings is 1. The smallest absolute Gasteiger partial charge is 0.352 e. The minimum atomic E-state index is -1.35. The summed E-state index contributed by atoms with van der Waals surface area (Å²) < 4.78 is 1.66. The highest BCUT2D eigenvalue weighted by Crippen LogP contribution is 2.11. The molecule has 0 fully saturated rings. The monoisotopic (exact) mass is 310 g/mol. The van der Waals surface area contributed by atoms with Crippen molar-refractivity contribution in [3.8, 4) is 5.69 Å². The molecule has 1 aromatic heterocycles. The first-order valence-corrected chi connectivity index (χ1v) is 5.64. The van der Waals surface area contributed by atoms with Crippen LogP contribution >= 0.6 is 15.9 Å². The van der Waals surface area contributed by atoms with Crippen LogP contribution in [0.5, 0.6) is 0 Å². The van der Waals surface area contributed by atoms with Gasteiger partial charge in [-0.3, -0.25) is 4.79 Å². The fourth-order valence-corrected chi connectivity index (χ4v) is 1.71. The molecule has 0 bridgehead atoms. The number of rotatable bonds is 2. The largest absolute Gasteiger partial charge is 0.477 e. The number of aromatic amines is 1. The minimum Gasteiger partial charge on any atom is -0.477 e. The third-order valence-corrected chi connectivity index (χ3v) is 2.78. The molecule has 1 aromatic carbocycles. The van der Waals surface area contributed by atoms with Gasteiger partial charge in [0.1, 0.15) is 5.69 Å². The van der Waals surface area contributed by atoms with Crippen LogP contribution in [0.25, 0.3) is 5.69 Å². The molecule has 7 heteroatoms. The van der Waals surface area contributed by atoms with E-state index in [1.165, 1.54) is 0 Å². The van der Waals surface area contributed by atoms with Crippen LogP contribution in [0.4, 0.5) is 0 Å². The molecular weight excluding hydrogens is 304 g/mol. The molecule has 2 N–H and O–H groups in total. The van der Waals surface area contributed by atoms with E-state index in [0.717, 1.165) is 15.1 Å². The van der Waals surface area contributed by atoms with E-state index in [1.807, 2.05) is 0 Å². The van der Waals surface area contributed by atoms with Crippen molar-refractivity contribution in [2.45, 2.75) is 0 Å². The molecule has 0 aliphatic carbocycles. The predicted octanol–water partition coefficient (Wildman–Crippen LogP) is 0.986.